The van der Waals surface area contributed by atoms with E-state index in [9.17, 15) is 9.59 Å². The molecule has 4 heteroatoms. The Kier molecular flexibility index (Phi) is 4.93. The average Bonchev–Trinajstić information content (AvgIpc) is 2.26. The van der Waals surface area contributed by atoms with E-state index in [2.05, 4.69) is 0 Å². The van der Waals surface area contributed by atoms with Crippen LogP contribution in [0.15, 0.2) is 18.2 Å². The molecular formula is C16H23NO3. The molecule has 0 heterocycles. The van der Waals surface area contributed by atoms with Gasteiger partial charge in [0, 0.05) is 17.6 Å². The Bertz CT molecular complexity index is 515. The Labute approximate surface area is 120 Å². The fraction of sp³-hybridized carbons (Fsp3) is 0.500. The molecule has 0 saturated heterocycles. The maximum atomic E-state index is 12.7. The lowest BCUT2D eigenvalue weighted by atomic mass is 10.00. The standard InChI is InChI=1S/C16H23NO3/c1-11-6-7-13(12(2)10-11)15(20)17(16(3,4)5)9-8-14(18)19/h6-7,10H,8-9H2,1-5H3,(H,18,19). The van der Waals surface area contributed by atoms with Gasteiger partial charge in [-0.15, -0.1) is 0 Å². The number of nitrogens with zero attached hydrogens (tertiary/aromatic N) is 1. The zero-order chi connectivity index (χ0) is 15.5. The van der Waals surface area contributed by atoms with Crippen molar-refractivity contribution in [1.82, 2.24) is 4.90 Å². The molecule has 0 aliphatic carbocycles. The van der Waals surface area contributed by atoms with Crippen molar-refractivity contribution >= 4 is 11.9 Å². The second-order valence-corrected chi connectivity index (χ2v) is 6.09. The molecule has 0 aromatic heterocycles. The Morgan fingerprint density at radius 1 is 1.20 bits per heavy atom. The highest BCUT2D eigenvalue weighted by molar-refractivity contribution is 5.96. The van der Waals surface area contributed by atoms with Crippen LogP contribution in [0.2, 0.25) is 0 Å². The van der Waals surface area contributed by atoms with Crippen LogP contribution >= 0.6 is 0 Å². The summed E-state index contributed by atoms with van der Waals surface area (Å²) in [4.78, 5) is 25.1. The largest absolute Gasteiger partial charge is 0.481 e. The highest BCUT2D eigenvalue weighted by Gasteiger charge is 2.28. The Morgan fingerprint density at radius 2 is 1.80 bits per heavy atom. The highest BCUT2D eigenvalue weighted by atomic mass is 16.4. The summed E-state index contributed by atoms with van der Waals surface area (Å²) >= 11 is 0. The number of amides is 1. The molecule has 0 atom stereocenters. The lowest BCUT2D eigenvalue weighted by Gasteiger charge is -2.36. The van der Waals surface area contributed by atoms with Crippen LogP contribution in [0.1, 0.15) is 48.7 Å². The minimum atomic E-state index is -0.896. The highest BCUT2D eigenvalue weighted by Crippen LogP contribution is 2.20. The number of hydrogen-bond acceptors (Lipinski definition) is 2. The minimum absolute atomic E-state index is 0.0477. The molecule has 0 unspecified atom stereocenters. The van der Waals surface area contributed by atoms with Gasteiger partial charge in [0.25, 0.3) is 5.91 Å². The number of benzene rings is 1. The quantitative estimate of drug-likeness (QED) is 0.920. The first kappa shape index (κ1) is 16.2. The van der Waals surface area contributed by atoms with E-state index in [1.165, 1.54) is 0 Å². The van der Waals surface area contributed by atoms with Crippen molar-refractivity contribution in [3.8, 4) is 0 Å². The summed E-state index contributed by atoms with van der Waals surface area (Å²) in [5.74, 6) is -1.01. The van der Waals surface area contributed by atoms with Crippen molar-refractivity contribution in [3.05, 3.63) is 34.9 Å². The molecule has 0 bridgehead atoms. The molecule has 1 aromatic rings. The normalized spacial score (nSPS) is 11.2. The van der Waals surface area contributed by atoms with E-state index in [1.807, 2.05) is 52.8 Å². The van der Waals surface area contributed by atoms with Crippen molar-refractivity contribution in [2.45, 2.75) is 46.6 Å². The third-order valence-electron chi connectivity index (χ3n) is 3.22. The number of carboxylic acid groups (broad SMARTS) is 1. The SMILES string of the molecule is Cc1ccc(C(=O)N(CCC(=O)O)C(C)(C)C)c(C)c1. The van der Waals surface area contributed by atoms with E-state index in [0.29, 0.717) is 5.56 Å². The van der Waals surface area contributed by atoms with Gasteiger partial charge >= 0.3 is 5.97 Å². The summed E-state index contributed by atoms with van der Waals surface area (Å²) in [6.07, 6.45) is -0.0477. The lowest BCUT2D eigenvalue weighted by Crippen LogP contribution is -2.46. The third-order valence-corrected chi connectivity index (χ3v) is 3.22. The summed E-state index contributed by atoms with van der Waals surface area (Å²) in [6, 6.07) is 5.68. The number of carbonyl (C=O) groups excluding carboxylic acids is 1. The van der Waals surface area contributed by atoms with Crippen LogP contribution in [-0.4, -0.2) is 34.0 Å². The topological polar surface area (TPSA) is 57.6 Å². The molecule has 1 amide bonds. The second-order valence-electron chi connectivity index (χ2n) is 6.09. The van der Waals surface area contributed by atoms with Gasteiger partial charge in [-0.3, -0.25) is 9.59 Å². The zero-order valence-electron chi connectivity index (χ0n) is 12.9. The van der Waals surface area contributed by atoms with Crippen LogP contribution in [0.4, 0.5) is 0 Å². The molecule has 0 fully saturated rings. The first-order valence-electron chi connectivity index (χ1n) is 6.74. The van der Waals surface area contributed by atoms with Gasteiger partial charge in [-0.2, -0.15) is 0 Å². The molecule has 1 N–H and O–H groups in total. The minimum Gasteiger partial charge on any atom is -0.481 e. The monoisotopic (exact) mass is 277 g/mol. The van der Waals surface area contributed by atoms with Gasteiger partial charge in [-0.05, 0) is 46.2 Å². The van der Waals surface area contributed by atoms with Crippen molar-refractivity contribution in [2.24, 2.45) is 0 Å². The summed E-state index contributed by atoms with van der Waals surface area (Å²) in [5.41, 5.74) is 2.24. The van der Waals surface area contributed by atoms with Gasteiger partial charge in [0.1, 0.15) is 0 Å². The third kappa shape index (κ3) is 4.08. The lowest BCUT2D eigenvalue weighted by molar-refractivity contribution is -0.137. The Morgan fingerprint density at radius 3 is 2.25 bits per heavy atom. The maximum Gasteiger partial charge on any atom is 0.305 e. The van der Waals surface area contributed by atoms with Gasteiger partial charge < -0.3 is 10.0 Å². The molecule has 0 saturated carbocycles. The molecular weight excluding hydrogens is 254 g/mol. The van der Waals surface area contributed by atoms with E-state index in [4.69, 9.17) is 5.11 Å². The van der Waals surface area contributed by atoms with Crippen LogP contribution in [0, 0.1) is 13.8 Å². The van der Waals surface area contributed by atoms with Crippen molar-refractivity contribution < 1.29 is 14.7 Å². The van der Waals surface area contributed by atoms with E-state index < -0.39 is 11.5 Å². The van der Waals surface area contributed by atoms with Crippen molar-refractivity contribution in [3.63, 3.8) is 0 Å². The summed E-state index contributed by atoms with van der Waals surface area (Å²) in [5, 5.41) is 8.83. The van der Waals surface area contributed by atoms with Gasteiger partial charge in [0.05, 0.1) is 6.42 Å². The van der Waals surface area contributed by atoms with Crippen LogP contribution in [0.25, 0.3) is 0 Å². The first-order chi connectivity index (χ1) is 9.12. The van der Waals surface area contributed by atoms with E-state index >= 15 is 0 Å². The molecule has 0 aliphatic heterocycles. The summed E-state index contributed by atoms with van der Waals surface area (Å²) < 4.78 is 0. The fourth-order valence-corrected chi connectivity index (χ4v) is 2.15. The molecule has 110 valence electrons. The molecule has 1 rings (SSSR count). The summed E-state index contributed by atoms with van der Waals surface area (Å²) in [7, 11) is 0. The van der Waals surface area contributed by atoms with Gasteiger partial charge in [0.2, 0.25) is 0 Å². The van der Waals surface area contributed by atoms with Crippen LogP contribution < -0.4 is 0 Å². The van der Waals surface area contributed by atoms with E-state index in [1.54, 1.807) is 4.90 Å². The molecule has 0 aliphatic rings. The van der Waals surface area contributed by atoms with Crippen molar-refractivity contribution in [2.75, 3.05) is 6.54 Å². The first-order valence-corrected chi connectivity index (χ1v) is 6.74. The molecule has 0 radical (unpaired) electrons. The number of aliphatic carboxylic acids is 1. The van der Waals surface area contributed by atoms with Crippen LogP contribution in [0.3, 0.4) is 0 Å². The molecule has 20 heavy (non-hydrogen) atoms. The van der Waals surface area contributed by atoms with Gasteiger partial charge in [-0.25, -0.2) is 0 Å². The Hall–Kier alpha value is -1.84. The van der Waals surface area contributed by atoms with E-state index in [0.717, 1.165) is 11.1 Å². The summed E-state index contributed by atoms with van der Waals surface area (Å²) in [6.45, 7) is 9.83. The van der Waals surface area contributed by atoms with Crippen LogP contribution in [-0.2, 0) is 4.79 Å². The molecule has 4 nitrogen and oxygen atoms in total. The maximum absolute atomic E-state index is 12.7. The second kappa shape index (κ2) is 6.07. The zero-order valence-corrected chi connectivity index (χ0v) is 12.9. The van der Waals surface area contributed by atoms with Gasteiger partial charge in [0.15, 0.2) is 0 Å². The smallest absolute Gasteiger partial charge is 0.305 e. The predicted octanol–water partition coefficient (Wildman–Crippen LogP) is 3.02. The number of carbonyl (C=O) groups is 2. The van der Waals surface area contributed by atoms with Crippen molar-refractivity contribution in [1.29, 1.82) is 0 Å². The van der Waals surface area contributed by atoms with Gasteiger partial charge in [-0.1, -0.05) is 17.7 Å². The average molecular weight is 277 g/mol. The van der Waals surface area contributed by atoms with Crippen LogP contribution in [0.5, 0.6) is 0 Å². The fourth-order valence-electron chi connectivity index (χ4n) is 2.15. The number of carboxylic acids is 1. The predicted molar refractivity (Wildman–Crippen MR) is 79.0 cm³/mol. The Balaban J connectivity index is 3.07. The number of rotatable bonds is 4. The number of aryl methyl sites for hydroxylation is 2. The molecule has 0 spiro atoms. The van der Waals surface area contributed by atoms with E-state index in [-0.39, 0.29) is 18.9 Å². The molecule has 1 aromatic carbocycles. The number of hydrogen-bond donors (Lipinski definition) is 1.